The van der Waals surface area contributed by atoms with Gasteiger partial charge in [-0.1, -0.05) is 0 Å². The van der Waals surface area contributed by atoms with E-state index < -0.39 is 43.8 Å². The van der Waals surface area contributed by atoms with E-state index in [1.807, 2.05) is 0 Å². The Morgan fingerprint density at radius 3 is 0.933 bits per heavy atom. The van der Waals surface area contributed by atoms with Gasteiger partial charge in [-0.25, -0.2) is 9.59 Å². The normalized spacial score (nSPS) is 10.1. The predicted molar refractivity (Wildman–Crippen MR) is 46.0 cm³/mol. The Bertz CT molecular complexity index is 168. The highest BCUT2D eigenvalue weighted by Gasteiger charge is 2.26. The molecule has 0 unspecified atom stereocenters. The number of aliphatic hydroxyl groups excluding tert-OH is 4. The smallest absolute Gasteiger partial charge is 0.414 e. The molecule has 8 heteroatoms. The molecule has 0 spiro atoms. The van der Waals surface area contributed by atoms with Gasteiger partial charge in [0.2, 0.25) is 0 Å². The van der Waals surface area contributed by atoms with E-state index in [0.29, 0.717) is 0 Å². The maximum absolute atomic E-state index is 9.10. The van der Waals surface area contributed by atoms with E-state index in [2.05, 4.69) is 0 Å². The third-order valence-corrected chi connectivity index (χ3v) is 1.52. The zero-order valence-corrected chi connectivity index (χ0v) is 7.83. The number of hydrogen-bond acceptors (Lipinski definition) is 6. The first-order valence-corrected chi connectivity index (χ1v) is 3.78. The summed E-state index contributed by atoms with van der Waals surface area (Å²) in [4.78, 5) is 18.2. The summed E-state index contributed by atoms with van der Waals surface area (Å²) >= 11 is 0. The Morgan fingerprint density at radius 1 is 0.733 bits per heavy atom. The third-order valence-electron chi connectivity index (χ3n) is 1.52. The van der Waals surface area contributed by atoms with Gasteiger partial charge in [0, 0.05) is 0 Å². The van der Waals surface area contributed by atoms with Crippen molar-refractivity contribution < 1.29 is 40.2 Å². The fourth-order valence-corrected chi connectivity index (χ4v) is 0.300. The first-order valence-electron chi connectivity index (χ1n) is 3.78. The summed E-state index contributed by atoms with van der Waals surface area (Å²) in [6, 6.07) is 0. The monoisotopic (exact) mass is 226 g/mol. The Labute approximate surface area is 85.0 Å². The van der Waals surface area contributed by atoms with Crippen LogP contribution in [0.1, 0.15) is 0 Å². The molecule has 0 amide bonds. The second-order valence-electron chi connectivity index (χ2n) is 2.74. The van der Waals surface area contributed by atoms with Crippen LogP contribution in [-0.2, 0) is 9.59 Å². The Morgan fingerprint density at radius 2 is 0.933 bits per heavy atom. The largest absolute Gasteiger partial charge is 0.473 e. The van der Waals surface area contributed by atoms with Crippen LogP contribution in [0.15, 0.2) is 0 Å². The van der Waals surface area contributed by atoms with E-state index >= 15 is 0 Å². The first-order chi connectivity index (χ1) is 6.89. The quantitative estimate of drug-likeness (QED) is 0.279. The van der Waals surface area contributed by atoms with Crippen LogP contribution < -0.4 is 0 Å². The summed E-state index contributed by atoms with van der Waals surface area (Å²) in [5.41, 5.74) is -1.11. The van der Waals surface area contributed by atoms with Gasteiger partial charge in [-0.05, 0) is 0 Å². The molecule has 6 N–H and O–H groups in total. The van der Waals surface area contributed by atoms with E-state index in [4.69, 9.17) is 40.2 Å². The second kappa shape index (κ2) is 8.12. The number of carboxylic acids is 2. The van der Waals surface area contributed by atoms with Crippen LogP contribution in [0.25, 0.3) is 0 Å². The molecular weight excluding hydrogens is 212 g/mol. The van der Waals surface area contributed by atoms with Gasteiger partial charge in [-0.3, -0.25) is 0 Å². The molecule has 0 bridgehead atoms. The van der Waals surface area contributed by atoms with E-state index in [-0.39, 0.29) is 0 Å². The molecule has 15 heavy (non-hydrogen) atoms. The zero-order valence-electron chi connectivity index (χ0n) is 7.83. The molecule has 0 aromatic carbocycles. The van der Waals surface area contributed by atoms with E-state index in [1.54, 1.807) is 0 Å². The molecule has 0 heterocycles. The SMILES string of the molecule is O=C(O)C(=O)O.OCC(CO)(CO)CO. The van der Waals surface area contributed by atoms with Crippen molar-refractivity contribution >= 4 is 11.9 Å². The van der Waals surface area contributed by atoms with Crippen molar-refractivity contribution in [2.75, 3.05) is 26.4 Å². The molecule has 0 aliphatic carbocycles. The molecule has 8 nitrogen and oxygen atoms in total. The molecule has 90 valence electrons. The van der Waals surface area contributed by atoms with Gasteiger partial charge in [0.05, 0.1) is 31.8 Å². The minimum absolute atomic E-state index is 0.406. The van der Waals surface area contributed by atoms with Crippen LogP contribution in [0.5, 0.6) is 0 Å². The van der Waals surface area contributed by atoms with Gasteiger partial charge < -0.3 is 30.6 Å². The molecule has 0 aliphatic heterocycles. The zero-order chi connectivity index (χ0) is 12.5. The number of hydrogen-bond donors (Lipinski definition) is 6. The fraction of sp³-hybridized carbons (Fsp3) is 0.714. The highest BCUT2D eigenvalue weighted by Crippen LogP contribution is 2.11. The van der Waals surface area contributed by atoms with E-state index in [0.717, 1.165) is 0 Å². The van der Waals surface area contributed by atoms with E-state index in [9.17, 15) is 0 Å². The van der Waals surface area contributed by atoms with Crippen LogP contribution >= 0.6 is 0 Å². The van der Waals surface area contributed by atoms with Crippen LogP contribution in [0, 0.1) is 5.41 Å². The van der Waals surface area contributed by atoms with Crippen LogP contribution in [-0.4, -0.2) is 69.0 Å². The Kier molecular flexibility index (Phi) is 8.78. The van der Waals surface area contributed by atoms with Gasteiger partial charge in [-0.15, -0.1) is 0 Å². The molecular formula is C7H14O8. The minimum atomic E-state index is -1.82. The van der Waals surface area contributed by atoms with Crippen molar-refractivity contribution in [3.63, 3.8) is 0 Å². The molecule has 0 atom stereocenters. The lowest BCUT2D eigenvalue weighted by molar-refractivity contribution is -0.159. The van der Waals surface area contributed by atoms with Gasteiger partial charge in [0.25, 0.3) is 0 Å². The van der Waals surface area contributed by atoms with E-state index in [1.165, 1.54) is 0 Å². The molecule has 0 aromatic rings. The molecule has 0 saturated carbocycles. The van der Waals surface area contributed by atoms with Gasteiger partial charge in [0.1, 0.15) is 0 Å². The number of carbonyl (C=O) groups is 2. The second-order valence-corrected chi connectivity index (χ2v) is 2.74. The predicted octanol–water partition coefficient (Wildman–Crippen LogP) is -2.90. The summed E-state index contributed by atoms with van der Waals surface area (Å²) < 4.78 is 0. The van der Waals surface area contributed by atoms with Crippen molar-refractivity contribution in [3.8, 4) is 0 Å². The van der Waals surface area contributed by atoms with Gasteiger partial charge >= 0.3 is 11.9 Å². The summed E-state index contributed by atoms with van der Waals surface area (Å²) in [6.07, 6.45) is 0. The lowest BCUT2D eigenvalue weighted by atomic mass is 9.93. The maximum Gasteiger partial charge on any atom is 0.414 e. The third kappa shape index (κ3) is 6.80. The Balaban J connectivity index is 0. The number of aliphatic hydroxyl groups is 4. The molecule has 0 fully saturated rings. The van der Waals surface area contributed by atoms with Crippen molar-refractivity contribution in [1.82, 2.24) is 0 Å². The number of rotatable bonds is 4. The van der Waals surface area contributed by atoms with Gasteiger partial charge in [-0.2, -0.15) is 0 Å². The topological polar surface area (TPSA) is 156 Å². The number of aliphatic carboxylic acids is 2. The highest BCUT2D eigenvalue weighted by molar-refractivity contribution is 6.27. The lowest BCUT2D eigenvalue weighted by Gasteiger charge is -2.23. The lowest BCUT2D eigenvalue weighted by Crippen LogP contribution is -2.37. The maximum atomic E-state index is 9.10. The standard InChI is InChI=1S/C5H12O4.C2H2O4/c6-1-5(2-7,3-8)4-9;3-1(4)2(5)6/h6-9H,1-4H2;(H,3,4)(H,5,6). The van der Waals surface area contributed by atoms with Crippen molar-refractivity contribution in [1.29, 1.82) is 0 Å². The highest BCUT2D eigenvalue weighted by atomic mass is 16.4. The number of carboxylic acid groups (broad SMARTS) is 2. The van der Waals surface area contributed by atoms with Crippen molar-refractivity contribution in [3.05, 3.63) is 0 Å². The minimum Gasteiger partial charge on any atom is -0.473 e. The molecule has 0 rings (SSSR count). The first kappa shape index (κ1) is 16.2. The van der Waals surface area contributed by atoms with Crippen LogP contribution in [0.2, 0.25) is 0 Å². The fourth-order valence-electron chi connectivity index (χ4n) is 0.300. The molecule has 0 aromatic heterocycles. The van der Waals surface area contributed by atoms with Gasteiger partial charge in [0.15, 0.2) is 0 Å². The molecule has 0 saturated heterocycles. The average Bonchev–Trinajstić information content (AvgIpc) is 2.23. The average molecular weight is 226 g/mol. The van der Waals surface area contributed by atoms with Crippen molar-refractivity contribution in [2.24, 2.45) is 5.41 Å². The summed E-state index contributed by atoms with van der Waals surface area (Å²) in [5.74, 6) is -3.65. The summed E-state index contributed by atoms with van der Waals surface area (Å²) in [6.45, 7) is -1.62. The summed E-state index contributed by atoms with van der Waals surface area (Å²) in [7, 11) is 0. The molecule has 0 aliphatic rings. The summed E-state index contributed by atoms with van der Waals surface area (Å²) in [5, 5.41) is 48.8. The Hall–Kier alpha value is -1.22. The van der Waals surface area contributed by atoms with Crippen LogP contribution in [0.3, 0.4) is 0 Å². The van der Waals surface area contributed by atoms with Crippen LogP contribution in [0.4, 0.5) is 0 Å². The molecule has 0 radical (unpaired) electrons. The van der Waals surface area contributed by atoms with Crippen molar-refractivity contribution in [2.45, 2.75) is 0 Å².